The van der Waals surface area contributed by atoms with E-state index >= 15 is 0 Å². The van der Waals surface area contributed by atoms with E-state index in [2.05, 4.69) is 17.4 Å². The van der Waals surface area contributed by atoms with Crippen LogP contribution in [0.2, 0.25) is 0 Å². The molecule has 0 saturated carbocycles. The van der Waals surface area contributed by atoms with Gasteiger partial charge in [-0.05, 0) is 48.7 Å². The van der Waals surface area contributed by atoms with Crippen molar-refractivity contribution in [2.24, 2.45) is 0 Å². The summed E-state index contributed by atoms with van der Waals surface area (Å²) >= 11 is 0. The zero-order valence-electron chi connectivity index (χ0n) is 16.8. The normalized spacial score (nSPS) is 18.5. The number of amides is 2. The zero-order valence-corrected chi connectivity index (χ0v) is 16.8. The first-order valence-corrected chi connectivity index (χ1v) is 10.0. The Kier molecular flexibility index (Phi) is 5.70. The number of halogens is 1. The Morgan fingerprint density at radius 1 is 1.27 bits per heavy atom. The van der Waals surface area contributed by atoms with Crippen LogP contribution in [0.3, 0.4) is 0 Å². The van der Waals surface area contributed by atoms with E-state index in [9.17, 15) is 14.0 Å². The van der Waals surface area contributed by atoms with Crippen LogP contribution in [0.4, 0.5) is 20.6 Å². The largest absolute Gasteiger partial charge is 0.442 e. The molecule has 1 atom stereocenters. The Labute approximate surface area is 174 Å². The van der Waals surface area contributed by atoms with Gasteiger partial charge in [-0.2, -0.15) is 0 Å². The number of hydrogen-bond donors (Lipinski definition) is 1. The highest BCUT2D eigenvalue weighted by atomic mass is 19.1. The fraction of sp³-hybridized carbons (Fsp3) is 0.304. The smallest absolute Gasteiger partial charge is 0.414 e. The van der Waals surface area contributed by atoms with Gasteiger partial charge in [0.05, 0.1) is 24.5 Å². The van der Waals surface area contributed by atoms with E-state index in [1.807, 2.05) is 17.0 Å². The monoisotopic (exact) mass is 409 g/mol. The standard InChI is InChI=1S/C23H24FN3O3/c1-2-5-22(28)25-13-19-15-27(23(29)30-19)18-8-9-21(20(24)12-18)26-11-10-16-6-3-4-7-17(16)14-26/h2-9,12,19H,10-11,13-15H2,1H3,(H,25,28)/b5-2-/t19-/m1/s1. The van der Waals surface area contributed by atoms with Gasteiger partial charge in [0.1, 0.15) is 11.9 Å². The van der Waals surface area contributed by atoms with Crippen LogP contribution in [-0.4, -0.2) is 37.7 Å². The number of nitrogens with one attached hydrogen (secondary N) is 1. The van der Waals surface area contributed by atoms with E-state index < -0.39 is 12.2 Å². The predicted molar refractivity (Wildman–Crippen MR) is 113 cm³/mol. The average Bonchev–Trinajstić information content (AvgIpc) is 3.12. The van der Waals surface area contributed by atoms with Crippen molar-refractivity contribution in [3.05, 3.63) is 71.6 Å². The number of benzene rings is 2. The van der Waals surface area contributed by atoms with Crippen LogP contribution in [-0.2, 0) is 22.5 Å². The van der Waals surface area contributed by atoms with Crippen molar-refractivity contribution >= 4 is 23.4 Å². The lowest BCUT2D eigenvalue weighted by molar-refractivity contribution is -0.116. The Balaban J connectivity index is 1.43. The number of ether oxygens (including phenoxy) is 1. The van der Waals surface area contributed by atoms with Gasteiger partial charge in [0.2, 0.25) is 5.91 Å². The molecule has 1 saturated heterocycles. The topological polar surface area (TPSA) is 61.9 Å². The summed E-state index contributed by atoms with van der Waals surface area (Å²) in [6.45, 7) is 3.61. The third kappa shape index (κ3) is 4.15. The molecule has 0 aliphatic carbocycles. The van der Waals surface area contributed by atoms with Crippen molar-refractivity contribution in [2.75, 3.05) is 29.4 Å². The minimum Gasteiger partial charge on any atom is -0.442 e. The summed E-state index contributed by atoms with van der Waals surface area (Å²) in [6.07, 6.45) is 2.89. The molecule has 0 unspecified atom stereocenters. The lowest BCUT2D eigenvalue weighted by atomic mass is 9.99. The molecule has 0 bridgehead atoms. The summed E-state index contributed by atoms with van der Waals surface area (Å²) in [5, 5.41) is 2.68. The first kappa shape index (κ1) is 19.9. The maximum absolute atomic E-state index is 14.9. The van der Waals surface area contributed by atoms with Crippen LogP contribution in [0.15, 0.2) is 54.6 Å². The minimum absolute atomic E-state index is 0.208. The maximum Gasteiger partial charge on any atom is 0.414 e. The number of hydrogen-bond acceptors (Lipinski definition) is 4. The molecular formula is C23H24FN3O3. The number of carbonyl (C=O) groups is 2. The number of fused-ring (bicyclic) bond motifs is 1. The summed E-state index contributed by atoms with van der Waals surface area (Å²) in [4.78, 5) is 27.2. The molecule has 2 aliphatic heterocycles. The van der Waals surface area contributed by atoms with Gasteiger partial charge in [0.15, 0.2) is 0 Å². The third-order valence-corrected chi connectivity index (χ3v) is 5.41. The molecule has 156 valence electrons. The number of anilines is 2. The lowest BCUT2D eigenvalue weighted by Crippen LogP contribution is -2.33. The third-order valence-electron chi connectivity index (χ3n) is 5.41. The zero-order chi connectivity index (χ0) is 21.1. The number of carbonyl (C=O) groups excluding carboxylic acids is 2. The van der Waals surface area contributed by atoms with E-state index in [0.29, 0.717) is 17.9 Å². The fourth-order valence-electron chi connectivity index (χ4n) is 3.88. The van der Waals surface area contributed by atoms with Gasteiger partial charge < -0.3 is 15.0 Å². The Morgan fingerprint density at radius 2 is 2.07 bits per heavy atom. The molecular weight excluding hydrogens is 385 g/mol. The van der Waals surface area contributed by atoms with E-state index in [1.54, 1.807) is 25.1 Å². The molecule has 2 amide bonds. The second kappa shape index (κ2) is 8.57. The lowest BCUT2D eigenvalue weighted by Gasteiger charge is -2.31. The van der Waals surface area contributed by atoms with E-state index in [0.717, 1.165) is 13.0 Å². The second-order valence-corrected chi connectivity index (χ2v) is 7.44. The average molecular weight is 409 g/mol. The minimum atomic E-state index is -0.542. The van der Waals surface area contributed by atoms with Gasteiger partial charge in [-0.3, -0.25) is 9.69 Å². The fourth-order valence-corrected chi connectivity index (χ4v) is 3.88. The van der Waals surface area contributed by atoms with Gasteiger partial charge in [0, 0.05) is 13.1 Å². The highest BCUT2D eigenvalue weighted by Crippen LogP contribution is 2.30. The molecule has 1 N–H and O–H groups in total. The van der Waals surface area contributed by atoms with Crippen molar-refractivity contribution in [3.8, 4) is 0 Å². The molecule has 7 heteroatoms. The molecule has 0 radical (unpaired) electrons. The van der Waals surface area contributed by atoms with E-state index in [4.69, 9.17) is 4.74 Å². The number of cyclic esters (lactones) is 1. The number of nitrogens with zero attached hydrogens (tertiary/aromatic N) is 2. The Bertz CT molecular complexity index is 991. The summed E-state index contributed by atoms with van der Waals surface area (Å²) in [5.74, 6) is -0.616. The van der Waals surface area contributed by atoms with E-state index in [1.165, 1.54) is 28.2 Å². The summed E-state index contributed by atoms with van der Waals surface area (Å²) in [5.41, 5.74) is 3.48. The molecule has 30 heavy (non-hydrogen) atoms. The van der Waals surface area contributed by atoms with Crippen LogP contribution in [0, 0.1) is 5.82 Å². The Morgan fingerprint density at radius 3 is 2.83 bits per heavy atom. The van der Waals surface area contributed by atoms with Crippen LogP contribution < -0.4 is 15.1 Å². The van der Waals surface area contributed by atoms with Crippen molar-refractivity contribution in [3.63, 3.8) is 0 Å². The van der Waals surface area contributed by atoms with Crippen molar-refractivity contribution in [1.82, 2.24) is 5.32 Å². The number of allylic oxidation sites excluding steroid dienone is 1. The maximum atomic E-state index is 14.9. The van der Waals surface area contributed by atoms with Gasteiger partial charge >= 0.3 is 6.09 Å². The van der Waals surface area contributed by atoms with Gasteiger partial charge in [-0.15, -0.1) is 0 Å². The molecule has 1 fully saturated rings. The highest BCUT2D eigenvalue weighted by Gasteiger charge is 2.33. The van der Waals surface area contributed by atoms with Gasteiger partial charge in [-0.25, -0.2) is 9.18 Å². The Hall–Kier alpha value is -3.35. The second-order valence-electron chi connectivity index (χ2n) is 7.44. The van der Waals surface area contributed by atoms with Gasteiger partial charge in [0.25, 0.3) is 0 Å². The first-order chi connectivity index (χ1) is 14.5. The SMILES string of the molecule is C/C=C\C(=O)NC[C@@H]1CN(c2ccc(N3CCc4ccccc4C3)c(F)c2)C(=O)O1. The van der Waals surface area contributed by atoms with Crippen molar-refractivity contribution in [2.45, 2.75) is 26.0 Å². The molecule has 2 heterocycles. The quantitative estimate of drug-likeness (QED) is 0.769. The molecule has 6 nitrogen and oxygen atoms in total. The molecule has 0 aromatic heterocycles. The number of rotatable bonds is 5. The van der Waals surface area contributed by atoms with Gasteiger partial charge in [-0.1, -0.05) is 30.3 Å². The molecule has 0 spiro atoms. The molecule has 2 aromatic carbocycles. The molecule has 2 aliphatic rings. The van der Waals surface area contributed by atoms with Crippen molar-refractivity contribution < 1.29 is 18.7 Å². The summed E-state index contributed by atoms with van der Waals surface area (Å²) < 4.78 is 20.2. The highest BCUT2D eigenvalue weighted by molar-refractivity contribution is 5.90. The molecule has 4 rings (SSSR count). The first-order valence-electron chi connectivity index (χ1n) is 10.0. The predicted octanol–water partition coefficient (Wildman–Crippen LogP) is 3.41. The van der Waals surface area contributed by atoms with Crippen LogP contribution >= 0.6 is 0 Å². The summed E-state index contributed by atoms with van der Waals surface area (Å²) in [6, 6.07) is 13.0. The van der Waals surface area contributed by atoms with Crippen LogP contribution in [0.1, 0.15) is 18.1 Å². The van der Waals surface area contributed by atoms with Crippen molar-refractivity contribution in [1.29, 1.82) is 0 Å². The molecule has 2 aromatic rings. The van der Waals surface area contributed by atoms with Crippen LogP contribution in [0.25, 0.3) is 0 Å². The summed E-state index contributed by atoms with van der Waals surface area (Å²) in [7, 11) is 0. The van der Waals surface area contributed by atoms with Crippen LogP contribution in [0.5, 0.6) is 0 Å². The van der Waals surface area contributed by atoms with E-state index in [-0.39, 0.29) is 24.8 Å².